The summed E-state index contributed by atoms with van der Waals surface area (Å²) >= 11 is 0.723. The molecule has 0 aliphatic heterocycles. The maximum Gasteiger partial charge on any atom is 0.425 e. The number of hydrogen-bond acceptors (Lipinski definition) is 5. The van der Waals surface area contributed by atoms with Crippen LogP contribution in [-0.2, 0) is 22.4 Å². The molecule has 0 fully saturated rings. The molecule has 3 aromatic carbocycles. The van der Waals surface area contributed by atoms with Crippen molar-refractivity contribution in [2.24, 2.45) is 0 Å². The number of thiophene rings is 1. The van der Waals surface area contributed by atoms with Gasteiger partial charge in [-0.25, -0.2) is 15.0 Å². The summed E-state index contributed by atoms with van der Waals surface area (Å²) in [6, 6.07) is 23.2. The van der Waals surface area contributed by atoms with Crippen molar-refractivity contribution in [3.05, 3.63) is 101 Å². The fraction of sp³-hybridized carbons (Fsp3) is 0.317. The van der Waals surface area contributed by atoms with Crippen molar-refractivity contribution in [3.8, 4) is 27.6 Å². The molecule has 9 heteroatoms. The van der Waals surface area contributed by atoms with E-state index in [0.29, 0.717) is 28.2 Å². The number of pyridine rings is 1. The molecule has 0 unspecified atom stereocenters. The van der Waals surface area contributed by atoms with E-state index in [9.17, 15) is 13.2 Å². The van der Waals surface area contributed by atoms with Crippen LogP contribution in [0.1, 0.15) is 84.4 Å². The summed E-state index contributed by atoms with van der Waals surface area (Å²) in [6.07, 6.45) is -2.68. The third kappa shape index (κ3) is 5.95. The second kappa shape index (κ2) is 11.5. The van der Waals surface area contributed by atoms with E-state index in [1.165, 1.54) is 5.56 Å². The highest BCUT2D eigenvalue weighted by atomic mass is 32.1. The molecule has 0 aliphatic carbocycles. The third-order valence-electron chi connectivity index (χ3n) is 8.95. The van der Waals surface area contributed by atoms with Crippen molar-refractivity contribution < 1.29 is 13.2 Å². The highest BCUT2D eigenvalue weighted by molar-refractivity contribution is 7.14. The average molecular weight is 692 g/mol. The Balaban J connectivity index is 1.57. The van der Waals surface area contributed by atoms with E-state index in [4.69, 9.17) is 19.9 Å². The van der Waals surface area contributed by atoms with Gasteiger partial charge in [-0.1, -0.05) is 98.7 Å². The SMILES string of the molecule is CC(C)(C)c1nc(-c2ccc3c4ccnc(-c5cc(C(C)(C)C)c6ccccc6c5)c4n(-c4ccc(C(F)(F)F)s4)c3c2)nc(C(C)(C)C)n1. The number of aromatic nitrogens is 5. The van der Waals surface area contributed by atoms with Gasteiger partial charge in [-0.3, -0.25) is 9.55 Å². The summed E-state index contributed by atoms with van der Waals surface area (Å²) in [5.74, 6) is 1.88. The summed E-state index contributed by atoms with van der Waals surface area (Å²) in [7, 11) is 0. The number of rotatable bonds is 3. The predicted molar refractivity (Wildman–Crippen MR) is 199 cm³/mol. The van der Waals surface area contributed by atoms with E-state index >= 15 is 0 Å². The van der Waals surface area contributed by atoms with E-state index in [2.05, 4.69) is 86.6 Å². The standard InChI is InChI=1S/C41H40F3N5S/c1-38(2,3)29-21-25(20-23-12-10-11-13-26(23)29)33-34-28(18-19-45-33)27-15-14-24(22-30(27)49(34)32-17-16-31(50-32)41(42,43)44)35-46-36(39(4,5)6)48-37(47-35)40(7,8)9/h10-22H,1-9H3. The summed E-state index contributed by atoms with van der Waals surface area (Å²) in [4.78, 5) is 19.0. The summed E-state index contributed by atoms with van der Waals surface area (Å²) < 4.78 is 44.0. The molecule has 4 heterocycles. The van der Waals surface area contributed by atoms with Crippen LogP contribution < -0.4 is 0 Å². The van der Waals surface area contributed by atoms with Crippen molar-refractivity contribution in [1.29, 1.82) is 0 Å². The van der Waals surface area contributed by atoms with Gasteiger partial charge >= 0.3 is 6.18 Å². The highest BCUT2D eigenvalue weighted by Crippen LogP contribution is 2.44. The Kier molecular flexibility index (Phi) is 7.75. The largest absolute Gasteiger partial charge is 0.425 e. The molecular formula is C41H40F3N5S. The van der Waals surface area contributed by atoms with Gasteiger partial charge in [0.1, 0.15) is 21.5 Å². The number of nitrogens with zero attached hydrogens (tertiary/aromatic N) is 5. The van der Waals surface area contributed by atoms with Crippen molar-refractivity contribution in [2.75, 3.05) is 0 Å². The minimum atomic E-state index is -4.47. The van der Waals surface area contributed by atoms with Crippen LogP contribution in [0.25, 0.3) is 60.2 Å². The Morgan fingerprint density at radius 1 is 0.620 bits per heavy atom. The van der Waals surface area contributed by atoms with Crippen LogP contribution in [0.4, 0.5) is 13.2 Å². The Bertz CT molecular complexity index is 2400. The predicted octanol–water partition coefficient (Wildman–Crippen LogP) is 11.8. The smallest absolute Gasteiger partial charge is 0.298 e. The number of halogens is 3. The van der Waals surface area contributed by atoms with Gasteiger partial charge in [0.2, 0.25) is 0 Å². The molecule has 0 saturated heterocycles. The van der Waals surface area contributed by atoms with Gasteiger partial charge in [0.25, 0.3) is 0 Å². The minimum absolute atomic E-state index is 0.164. The van der Waals surface area contributed by atoms with Gasteiger partial charge in [0.15, 0.2) is 5.82 Å². The Morgan fingerprint density at radius 2 is 1.30 bits per heavy atom. The Hall–Kier alpha value is -4.63. The van der Waals surface area contributed by atoms with E-state index in [1.807, 2.05) is 41.0 Å². The molecule has 0 aliphatic rings. The van der Waals surface area contributed by atoms with Crippen molar-refractivity contribution in [2.45, 2.75) is 84.7 Å². The first-order valence-corrected chi connectivity index (χ1v) is 17.5. The lowest BCUT2D eigenvalue weighted by Crippen LogP contribution is -2.24. The fourth-order valence-electron chi connectivity index (χ4n) is 6.39. The molecular weight excluding hydrogens is 652 g/mol. The van der Waals surface area contributed by atoms with Crippen LogP contribution in [0.2, 0.25) is 0 Å². The first-order chi connectivity index (χ1) is 23.3. The normalized spacial score (nSPS) is 13.2. The number of fused-ring (bicyclic) bond motifs is 4. The lowest BCUT2D eigenvalue weighted by molar-refractivity contribution is -0.134. The van der Waals surface area contributed by atoms with Crippen molar-refractivity contribution in [3.63, 3.8) is 0 Å². The lowest BCUT2D eigenvalue weighted by Gasteiger charge is -2.23. The monoisotopic (exact) mass is 691 g/mol. The van der Waals surface area contributed by atoms with Gasteiger partial charge < -0.3 is 0 Å². The Labute approximate surface area is 294 Å². The second-order valence-corrected chi connectivity index (χ2v) is 17.1. The van der Waals surface area contributed by atoms with E-state index in [0.717, 1.165) is 61.1 Å². The molecule has 0 bridgehead atoms. The molecule has 256 valence electrons. The maximum atomic E-state index is 14.0. The molecule has 0 atom stereocenters. The molecule has 0 spiro atoms. The first kappa shape index (κ1) is 33.8. The van der Waals surface area contributed by atoms with Gasteiger partial charge in [-0.05, 0) is 58.1 Å². The summed E-state index contributed by atoms with van der Waals surface area (Å²) in [5, 5.41) is 4.48. The van der Waals surface area contributed by atoms with Gasteiger partial charge in [0.05, 0.1) is 16.7 Å². The van der Waals surface area contributed by atoms with E-state index in [1.54, 1.807) is 12.3 Å². The van der Waals surface area contributed by atoms with Gasteiger partial charge in [-0.15, -0.1) is 11.3 Å². The third-order valence-corrected chi connectivity index (χ3v) is 10.1. The van der Waals surface area contributed by atoms with Gasteiger partial charge in [-0.2, -0.15) is 13.2 Å². The zero-order chi connectivity index (χ0) is 36.0. The summed E-state index contributed by atoms with van der Waals surface area (Å²) in [6.45, 7) is 19.0. The topological polar surface area (TPSA) is 56.5 Å². The van der Waals surface area contributed by atoms with E-state index < -0.39 is 11.1 Å². The second-order valence-electron chi connectivity index (χ2n) is 16.1. The number of benzene rings is 3. The molecule has 50 heavy (non-hydrogen) atoms. The van der Waals surface area contributed by atoms with Crippen molar-refractivity contribution >= 4 is 43.9 Å². The highest BCUT2D eigenvalue weighted by Gasteiger charge is 2.33. The molecule has 0 amide bonds. The average Bonchev–Trinajstić information content (AvgIpc) is 3.66. The number of alkyl halides is 3. The zero-order valence-electron chi connectivity index (χ0n) is 29.8. The molecule has 0 N–H and O–H groups in total. The molecule has 7 aromatic rings. The summed E-state index contributed by atoms with van der Waals surface area (Å²) in [5.41, 5.74) is 4.19. The van der Waals surface area contributed by atoms with E-state index in [-0.39, 0.29) is 16.2 Å². The zero-order valence-corrected chi connectivity index (χ0v) is 30.6. The fourth-order valence-corrected chi connectivity index (χ4v) is 7.28. The molecule has 0 radical (unpaired) electrons. The first-order valence-electron chi connectivity index (χ1n) is 16.7. The molecule has 5 nitrogen and oxygen atoms in total. The minimum Gasteiger partial charge on any atom is -0.298 e. The quantitative estimate of drug-likeness (QED) is 0.185. The Morgan fingerprint density at radius 3 is 1.92 bits per heavy atom. The van der Waals surface area contributed by atoms with Crippen molar-refractivity contribution in [1.82, 2.24) is 24.5 Å². The molecule has 4 aromatic heterocycles. The van der Waals surface area contributed by atoms with Gasteiger partial charge in [0, 0.05) is 38.9 Å². The number of hydrogen-bond donors (Lipinski definition) is 0. The molecule has 0 saturated carbocycles. The maximum absolute atomic E-state index is 14.0. The van der Waals surface area contributed by atoms with Crippen LogP contribution in [0, 0.1) is 0 Å². The van der Waals surface area contributed by atoms with Crippen LogP contribution in [0.3, 0.4) is 0 Å². The molecule has 7 rings (SSSR count). The van der Waals surface area contributed by atoms with Crippen LogP contribution in [0.15, 0.2) is 79.0 Å². The van der Waals surface area contributed by atoms with Crippen LogP contribution >= 0.6 is 11.3 Å². The van der Waals surface area contributed by atoms with Crippen LogP contribution in [-0.4, -0.2) is 24.5 Å². The lowest BCUT2D eigenvalue weighted by atomic mass is 9.82. The van der Waals surface area contributed by atoms with Crippen LogP contribution in [0.5, 0.6) is 0 Å².